The van der Waals surface area contributed by atoms with Gasteiger partial charge in [0.25, 0.3) is 0 Å². The molecule has 2 heterocycles. The molecule has 2 aliphatic rings. The van der Waals surface area contributed by atoms with Crippen molar-refractivity contribution in [1.82, 2.24) is 4.90 Å². The molecule has 2 aliphatic heterocycles. The summed E-state index contributed by atoms with van der Waals surface area (Å²) in [5, 5.41) is 9.25. The van der Waals surface area contributed by atoms with Gasteiger partial charge in [-0.3, -0.25) is 25.0 Å². The lowest BCUT2D eigenvalue weighted by Gasteiger charge is -2.26. The molecule has 8 heteroatoms. The third kappa shape index (κ3) is 4.63. The first-order valence-corrected chi connectivity index (χ1v) is 10.7. The number of rotatable bonds is 5. The van der Waals surface area contributed by atoms with Gasteiger partial charge in [0, 0.05) is 43.6 Å². The van der Waals surface area contributed by atoms with E-state index in [4.69, 9.17) is 21.7 Å². The van der Waals surface area contributed by atoms with Gasteiger partial charge in [0.1, 0.15) is 11.8 Å². The second-order valence-electron chi connectivity index (χ2n) is 7.57. The number of para-hydroxylation sites is 1. The number of anilines is 3. The summed E-state index contributed by atoms with van der Waals surface area (Å²) in [7, 11) is 1.80. The Kier molecular flexibility index (Phi) is 6.65. The maximum absolute atomic E-state index is 13.7. The van der Waals surface area contributed by atoms with Crippen molar-refractivity contribution >= 4 is 46.6 Å². The van der Waals surface area contributed by atoms with Crippen LogP contribution in [0.1, 0.15) is 0 Å². The van der Waals surface area contributed by atoms with Crippen LogP contribution in [0.4, 0.5) is 17.1 Å². The van der Waals surface area contributed by atoms with E-state index >= 15 is 0 Å². The maximum atomic E-state index is 13.7. The van der Waals surface area contributed by atoms with Crippen molar-refractivity contribution in [3.8, 4) is 0 Å². The van der Waals surface area contributed by atoms with Crippen LogP contribution >= 0.6 is 11.6 Å². The third-order valence-corrected chi connectivity index (χ3v) is 5.84. The van der Waals surface area contributed by atoms with Crippen LogP contribution in [0, 0.1) is 11.3 Å². The molecule has 1 saturated heterocycles. The molecule has 7 nitrogen and oxygen atoms in total. The normalized spacial score (nSPS) is 20.3. The van der Waals surface area contributed by atoms with E-state index in [1.807, 2.05) is 36.4 Å². The Morgan fingerprint density at radius 1 is 1.16 bits per heavy atom. The van der Waals surface area contributed by atoms with E-state index in [1.54, 1.807) is 35.2 Å². The van der Waals surface area contributed by atoms with E-state index in [0.717, 1.165) is 44.2 Å². The topological polar surface area (TPSA) is 72.2 Å². The minimum Gasteiger partial charge on any atom is -0.379 e. The van der Waals surface area contributed by atoms with Crippen molar-refractivity contribution in [3.63, 3.8) is 0 Å². The van der Waals surface area contributed by atoms with Gasteiger partial charge in [0.2, 0.25) is 5.91 Å². The number of amidine groups is 1. The van der Waals surface area contributed by atoms with Crippen LogP contribution in [0.15, 0.2) is 53.5 Å². The fourth-order valence-electron chi connectivity index (χ4n) is 3.85. The number of fused-ring (bicyclic) bond motifs is 1. The van der Waals surface area contributed by atoms with Crippen LogP contribution in [-0.4, -0.2) is 69.3 Å². The molecule has 0 spiro atoms. The predicted molar refractivity (Wildman–Crippen MR) is 125 cm³/mol. The van der Waals surface area contributed by atoms with Crippen molar-refractivity contribution in [2.75, 3.05) is 56.2 Å². The summed E-state index contributed by atoms with van der Waals surface area (Å²) in [4.78, 5) is 23.9. The van der Waals surface area contributed by atoms with E-state index in [-0.39, 0.29) is 11.7 Å². The van der Waals surface area contributed by atoms with Crippen molar-refractivity contribution in [3.05, 3.63) is 53.6 Å². The van der Waals surface area contributed by atoms with Gasteiger partial charge in [-0.25, -0.2) is 0 Å². The first kappa shape index (κ1) is 21.5. The van der Waals surface area contributed by atoms with Crippen LogP contribution in [-0.2, 0) is 9.53 Å². The van der Waals surface area contributed by atoms with Crippen molar-refractivity contribution < 1.29 is 9.53 Å². The Labute approximate surface area is 187 Å². The molecular weight excluding hydrogens is 414 g/mol. The SMILES string of the molecule is CN1C(=N)C(C=NCCN2CCOCC2)C(=O)N(c2ccccc2)c2cc(Cl)ccc21. The summed E-state index contributed by atoms with van der Waals surface area (Å²) in [6.07, 6.45) is 1.62. The number of benzene rings is 2. The number of morpholine rings is 1. The number of carbonyl (C=O) groups is 1. The Bertz CT molecular complexity index is 975. The number of ether oxygens (including phenoxy) is 1. The van der Waals surface area contributed by atoms with Gasteiger partial charge in [-0.2, -0.15) is 0 Å². The summed E-state index contributed by atoms with van der Waals surface area (Å²) in [6.45, 7) is 4.66. The summed E-state index contributed by atoms with van der Waals surface area (Å²) < 4.78 is 5.37. The third-order valence-electron chi connectivity index (χ3n) is 5.60. The maximum Gasteiger partial charge on any atom is 0.247 e. The van der Waals surface area contributed by atoms with Gasteiger partial charge in [0.15, 0.2) is 0 Å². The van der Waals surface area contributed by atoms with Crippen LogP contribution in [0.25, 0.3) is 0 Å². The Balaban J connectivity index is 1.63. The molecule has 0 aliphatic carbocycles. The minimum atomic E-state index is -0.791. The molecule has 4 rings (SSSR count). The van der Waals surface area contributed by atoms with Crippen LogP contribution in [0.3, 0.4) is 0 Å². The molecule has 0 bridgehead atoms. The number of aliphatic imine (C=N–C) groups is 1. The number of hydrogen-bond acceptors (Lipinski definition) is 5. The number of halogens is 1. The lowest BCUT2D eigenvalue weighted by molar-refractivity contribution is -0.118. The minimum absolute atomic E-state index is 0.183. The molecular formula is C23H26ClN5O2. The van der Waals surface area contributed by atoms with Gasteiger partial charge in [-0.15, -0.1) is 0 Å². The summed E-state index contributed by atoms with van der Waals surface area (Å²) in [6, 6.07) is 14.8. The summed E-state index contributed by atoms with van der Waals surface area (Å²) in [5.41, 5.74) is 2.13. The molecule has 1 amide bonds. The molecule has 2 aromatic carbocycles. The van der Waals surface area contributed by atoms with Gasteiger partial charge >= 0.3 is 0 Å². The van der Waals surface area contributed by atoms with Gasteiger partial charge in [0.05, 0.1) is 31.1 Å². The Hall–Kier alpha value is -2.74. The average Bonchev–Trinajstić information content (AvgIpc) is 2.86. The number of nitrogens with one attached hydrogen (secondary N) is 1. The number of nitrogens with zero attached hydrogens (tertiary/aromatic N) is 4. The first-order chi connectivity index (χ1) is 15.1. The summed E-state index contributed by atoms with van der Waals surface area (Å²) >= 11 is 6.28. The fourth-order valence-corrected chi connectivity index (χ4v) is 4.02. The molecule has 1 fully saturated rings. The number of hydrogen-bond donors (Lipinski definition) is 1. The fraction of sp³-hybridized carbons (Fsp3) is 0.348. The lowest BCUT2D eigenvalue weighted by Crippen LogP contribution is -2.40. The molecule has 0 radical (unpaired) electrons. The van der Waals surface area contributed by atoms with Gasteiger partial charge in [-0.1, -0.05) is 29.8 Å². The number of carbonyl (C=O) groups excluding carboxylic acids is 1. The second kappa shape index (κ2) is 9.60. The molecule has 162 valence electrons. The van der Waals surface area contributed by atoms with Crippen molar-refractivity contribution in [2.45, 2.75) is 0 Å². The first-order valence-electron chi connectivity index (χ1n) is 10.4. The highest BCUT2D eigenvalue weighted by Crippen LogP contribution is 2.40. The van der Waals surface area contributed by atoms with Crippen LogP contribution in [0.2, 0.25) is 5.02 Å². The Morgan fingerprint density at radius 2 is 1.90 bits per heavy atom. The molecule has 1 N–H and O–H groups in total. The predicted octanol–water partition coefficient (Wildman–Crippen LogP) is 3.45. The highest BCUT2D eigenvalue weighted by atomic mass is 35.5. The van der Waals surface area contributed by atoms with Gasteiger partial charge in [-0.05, 0) is 30.3 Å². The monoisotopic (exact) mass is 439 g/mol. The summed E-state index contributed by atoms with van der Waals surface area (Å²) in [5.74, 6) is -0.831. The zero-order chi connectivity index (χ0) is 21.8. The van der Waals surface area contributed by atoms with E-state index < -0.39 is 5.92 Å². The van der Waals surface area contributed by atoms with Crippen molar-refractivity contribution in [1.29, 1.82) is 5.41 Å². The van der Waals surface area contributed by atoms with E-state index in [9.17, 15) is 4.79 Å². The van der Waals surface area contributed by atoms with Crippen LogP contribution < -0.4 is 9.80 Å². The molecule has 0 aromatic heterocycles. The smallest absolute Gasteiger partial charge is 0.247 e. The van der Waals surface area contributed by atoms with Crippen LogP contribution in [0.5, 0.6) is 0 Å². The molecule has 0 saturated carbocycles. The average molecular weight is 440 g/mol. The lowest BCUT2D eigenvalue weighted by atomic mass is 10.1. The second-order valence-corrected chi connectivity index (χ2v) is 8.01. The highest BCUT2D eigenvalue weighted by Gasteiger charge is 2.36. The molecule has 31 heavy (non-hydrogen) atoms. The molecule has 1 unspecified atom stereocenters. The van der Waals surface area contributed by atoms with Gasteiger partial charge < -0.3 is 9.64 Å². The van der Waals surface area contributed by atoms with E-state index in [0.29, 0.717) is 17.3 Å². The standard InChI is InChI=1S/C23H26ClN5O2/c1-27-20-8-7-17(24)15-21(20)29(18-5-3-2-4-6-18)23(30)19(22(27)25)16-26-9-10-28-11-13-31-14-12-28/h2-8,15-16,19,25H,9-14H2,1H3. The molecule has 1 atom stereocenters. The zero-order valence-corrected chi connectivity index (χ0v) is 18.3. The molecule has 2 aromatic rings. The quantitative estimate of drug-likeness (QED) is 0.724. The number of amides is 1. The largest absolute Gasteiger partial charge is 0.379 e. The van der Waals surface area contributed by atoms with E-state index in [1.165, 1.54) is 0 Å². The van der Waals surface area contributed by atoms with Crippen molar-refractivity contribution in [2.24, 2.45) is 10.9 Å². The zero-order valence-electron chi connectivity index (χ0n) is 17.5. The Morgan fingerprint density at radius 3 is 2.65 bits per heavy atom. The van der Waals surface area contributed by atoms with E-state index in [2.05, 4.69) is 9.89 Å². The highest BCUT2D eigenvalue weighted by molar-refractivity contribution is 6.32.